The number of thiophene rings is 1. The van der Waals surface area contributed by atoms with E-state index in [-0.39, 0.29) is 18.0 Å². The first-order valence-corrected chi connectivity index (χ1v) is 11.9. The molecule has 3 aromatic rings. The van der Waals surface area contributed by atoms with E-state index in [1.807, 2.05) is 35.2 Å². The summed E-state index contributed by atoms with van der Waals surface area (Å²) < 4.78 is 2.23. The van der Waals surface area contributed by atoms with E-state index >= 15 is 0 Å². The van der Waals surface area contributed by atoms with Crippen molar-refractivity contribution in [2.75, 3.05) is 13.1 Å². The van der Waals surface area contributed by atoms with Crippen molar-refractivity contribution in [1.82, 2.24) is 14.5 Å². The van der Waals surface area contributed by atoms with Gasteiger partial charge in [-0.1, -0.05) is 30.3 Å². The Morgan fingerprint density at radius 2 is 1.94 bits per heavy atom. The second kappa shape index (κ2) is 8.20. The highest BCUT2D eigenvalue weighted by molar-refractivity contribution is 7.17. The maximum atomic E-state index is 13.0. The summed E-state index contributed by atoms with van der Waals surface area (Å²) in [5.74, 6) is 0.682. The van der Waals surface area contributed by atoms with E-state index in [0.717, 1.165) is 17.5 Å². The Kier molecular flexibility index (Phi) is 5.40. The van der Waals surface area contributed by atoms with Crippen LogP contribution < -0.4 is 5.56 Å². The number of benzene rings is 1. The molecule has 0 atom stereocenters. The Morgan fingerprint density at radius 1 is 1.19 bits per heavy atom. The number of carbonyl (C=O) groups is 1. The fraction of sp³-hybridized carbons (Fsp3) is 0.458. The largest absolute Gasteiger partial charge is 0.388 e. The van der Waals surface area contributed by atoms with E-state index in [0.29, 0.717) is 43.0 Å². The number of aliphatic hydroxyl groups is 1. The molecule has 2 aliphatic rings. The molecule has 3 heterocycles. The molecule has 0 radical (unpaired) electrons. The first-order valence-electron chi connectivity index (χ1n) is 11.0. The summed E-state index contributed by atoms with van der Waals surface area (Å²) in [6.07, 6.45) is 6.07. The first kappa shape index (κ1) is 20.4. The molecular weight excluding hydrogens is 410 g/mol. The van der Waals surface area contributed by atoms with Crippen LogP contribution in [0.1, 0.15) is 49.1 Å². The number of hydrogen-bond acceptors (Lipinski definition) is 5. The topological polar surface area (TPSA) is 75.4 Å². The fourth-order valence-electron chi connectivity index (χ4n) is 4.46. The molecule has 0 unspecified atom stereocenters. The molecule has 1 aromatic carbocycles. The molecule has 31 heavy (non-hydrogen) atoms. The molecule has 162 valence electrons. The summed E-state index contributed by atoms with van der Waals surface area (Å²) in [7, 11) is 0. The van der Waals surface area contributed by atoms with Gasteiger partial charge >= 0.3 is 0 Å². The Hall–Kier alpha value is -2.51. The van der Waals surface area contributed by atoms with Crippen molar-refractivity contribution in [2.24, 2.45) is 0 Å². The van der Waals surface area contributed by atoms with Crippen LogP contribution >= 0.6 is 11.3 Å². The predicted molar refractivity (Wildman–Crippen MR) is 121 cm³/mol. The molecule has 1 saturated heterocycles. The molecule has 0 bridgehead atoms. The summed E-state index contributed by atoms with van der Waals surface area (Å²) in [4.78, 5) is 31.9. The second-order valence-electron chi connectivity index (χ2n) is 8.91. The van der Waals surface area contributed by atoms with E-state index in [1.54, 1.807) is 10.9 Å². The third-order valence-electron chi connectivity index (χ3n) is 6.57. The molecule has 0 spiro atoms. The number of hydrogen-bond donors (Lipinski definition) is 1. The number of likely N-dealkylation sites (tertiary alicyclic amines) is 1. The van der Waals surface area contributed by atoms with Crippen molar-refractivity contribution in [2.45, 2.75) is 56.6 Å². The van der Waals surface area contributed by atoms with Crippen LogP contribution in [0.15, 0.2) is 46.8 Å². The van der Waals surface area contributed by atoms with Crippen LogP contribution in [-0.4, -0.2) is 44.2 Å². The fourth-order valence-corrected chi connectivity index (χ4v) is 5.51. The van der Waals surface area contributed by atoms with E-state index in [1.165, 1.54) is 29.7 Å². The molecule has 1 N–H and O–H groups in total. The van der Waals surface area contributed by atoms with Crippen LogP contribution in [0.2, 0.25) is 0 Å². The van der Waals surface area contributed by atoms with Gasteiger partial charge in [0.25, 0.3) is 5.56 Å². The van der Waals surface area contributed by atoms with E-state index in [2.05, 4.69) is 10.4 Å². The average Bonchev–Trinajstić information content (AvgIpc) is 3.54. The molecule has 2 aromatic heterocycles. The van der Waals surface area contributed by atoms with Gasteiger partial charge in [-0.2, -0.15) is 0 Å². The van der Waals surface area contributed by atoms with Crippen molar-refractivity contribution in [3.63, 3.8) is 0 Å². The summed E-state index contributed by atoms with van der Waals surface area (Å²) in [6, 6.07) is 10.0. The lowest BCUT2D eigenvalue weighted by atomic mass is 9.91. The zero-order chi connectivity index (χ0) is 21.4. The second-order valence-corrected chi connectivity index (χ2v) is 9.79. The van der Waals surface area contributed by atoms with Crippen LogP contribution in [0.5, 0.6) is 0 Å². The molecule has 1 aliphatic heterocycles. The van der Waals surface area contributed by atoms with Gasteiger partial charge in [-0.05, 0) is 54.5 Å². The average molecular weight is 438 g/mol. The van der Waals surface area contributed by atoms with Gasteiger partial charge in [0.1, 0.15) is 4.70 Å². The summed E-state index contributed by atoms with van der Waals surface area (Å²) in [5, 5.41) is 13.2. The highest BCUT2D eigenvalue weighted by Crippen LogP contribution is 2.44. The van der Waals surface area contributed by atoms with Gasteiger partial charge in [0, 0.05) is 19.5 Å². The Labute approximate surface area is 185 Å². The number of fused-ring (bicyclic) bond motifs is 1. The van der Waals surface area contributed by atoms with Crippen molar-refractivity contribution in [1.29, 1.82) is 0 Å². The molecule has 7 heteroatoms. The summed E-state index contributed by atoms with van der Waals surface area (Å²) in [6.45, 7) is 1.25. The highest BCUT2D eigenvalue weighted by atomic mass is 32.1. The molecule has 6 nitrogen and oxygen atoms in total. The number of piperidine rings is 1. The number of nitrogens with zero attached hydrogens (tertiary/aromatic N) is 3. The van der Waals surface area contributed by atoms with Crippen LogP contribution in [-0.2, 0) is 17.8 Å². The van der Waals surface area contributed by atoms with Crippen LogP contribution in [0.3, 0.4) is 0 Å². The van der Waals surface area contributed by atoms with E-state index < -0.39 is 5.60 Å². The number of aryl methyl sites for hydroxylation is 1. The molecule has 5 rings (SSSR count). The predicted octanol–water partition coefficient (Wildman–Crippen LogP) is 3.32. The Bertz CT molecular complexity index is 1140. The van der Waals surface area contributed by atoms with Crippen LogP contribution in [0.25, 0.3) is 10.2 Å². The number of aromatic nitrogens is 2. The minimum absolute atomic E-state index is 0.0725. The number of carbonyl (C=O) groups excluding carboxylic acids is 1. The van der Waals surface area contributed by atoms with Crippen LogP contribution in [0.4, 0.5) is 0 Å². The van der Waals surface area contributed by atoms with E-state index in [4.69, 9.17) is 0 Å². The van der Waals surface area contributed by atoms with Crippen molar-refractivity contribution < 1.29 is 9.90 Å². The lowest BCUT2D eigenvalue weighted by Crippen LogP contribution is -2.49. The zero-order valence-electron chi connectivity index (χ0n) is 17.5. The van der Waals surface area contributed by atoms with Crippen molar-refractivity contribution >= 4 is 27.5 Å². The minimum Gasteiger partial charge on any atom is -0.388 e. The SMILES string of the molecule is O=C(CCc1ccccc1)N1CCC(O)(Cn2cnc3c(C4CC4)csc3c2=O)CC1. The Morgan fingerprint density at radius 3 is 2.65 bits per heavy atom. The molecule has 1 saturated carbocycles. The molecular formula is C24H27N3O3S. The molecule has 1 amide bonds. The third kappa shape index (κ3) is 4.29. The van der Waals surface area contributed by atoms with Gasteiger partial charge in [-0.15, -0.1) is 11.3 Å². The minimum atomic E-state index is -0.994. The standard InChI is InChI=1S/C24H27N3O3S/c28-20(9-6-17-4-2-1-3-5-17)26-12-10-24(30,11-13-26)15-27-16-25-21-19(18-7-8-18)14-31-22(21)23(27)29/h1-5,14,16,18,30H,6-13,15H2. The van der Waals surface area contributed by atoms with Crippen LogP contribution in [0, 0.1) is 0 Å². The summed E-state index contributed by atoms with van der Waals surface area (Å²) >= 11 is 1.46. The maximum absolute atomic E-state index is 13.0. The normalized spacial score (nSPS) is 18.4. The van der Waals surface area contributed by atoms with Gasteiger partial charge in [0.2, 0.25) is 5.91 Å². The van der Waals surface area contributed by atoms with Gasteiger partial charge in [0.15, 0.2) is 0 Å². The number of amides is 1. The van der Waals surface area contributed by atoms with Gasteiger partial charge in [0.05, 0.1) is 24.0 Å². The van der Waals surface area contributed by atoms with Gasteiger partial charge in [-0.3, -0.25) is 14.2 Å². The summed E-state index contributed by atoms with van der Waals surface area (Å²) in [5.41, 5.74) is 2.12. The van der Waals surface area contributed by atoms with Crippen molar-refractivity contribution in [3.05, 3.63) is 63.5 Å². The smallest absolute Gasteiger partial charge is 0.271 e. The maximum Gasteiger partial charge on any atom is 0.271 e. The molecule has 2 fully saturated rings. The Balaban J connectivity index is 1.21. The zero-order valence-corrected chi connectivity index (χ0v) is 18.3. The number of rotatable bonds is 6. The van der Waals surface area contributed by atoms with Gasteiger partial charge in [-0.25, -0.2) is 4.98 Å². The highest BCUT2D eigenvalue weighted by Gasteiger charge is 2.35. The van der Waals surface area contributed by atoms with Gasteiger partial charge < -0.3 is 10.0 Å². The first-order chi connectivity index (χ1) is 15.0. The monoisotopic (exact) mass is 437 g/mol. The lowest BCUT2D eigenvalue weighted by Gasteiger charge is -2.38. The lowest BCUT2D eigenvalue weighted by molar-refractivity contribution is -0.135. The quantitative estimate of drug-likeness (QED) is 0.642. The van der Waals surface area contributed by atoms with E-state index in [9.17, 15) is 14.7 Å². The molecule has 1 aliphatic carbocycles. The van der Waals surface area contributed by atoms with Crippen molar-refractivity contribution in [3.8, 4) is 0 Å². The third-order valence-corrected chi connectivity index (χ3v) is 7.55.